The number of hydrogen-bond acceptors (Lipinski definition) is 1. The molecule has 4 rings (SSSR count). The molecule has 0 bridgehead atoms. The second kappa shape index (κ2) is 8.77. The monoisotopic (exact) mass is 441 g/mol. The molecule has 0 radical (unpaired) electrons. The first-order valence-corrected chi connectivity index (χ1v) is 10.7. The Morgan fingerprint density at radius 3 is 1.31 bits per heavy atom. The molecule has 0 heterocycles. The highest BCUT2D eigenvalue weighted by Gasteiger charge is 2.43. The molecule has 29 heavy (non-hydrogen) atoms. The van der Waals surface area contributed by atoms with Gasteiger partial charge in [0.05, 0.1) is 5.41 Å². The van der Waals surface area contributed by atoms with Crippen LogP contribution in [0.4, 0.5) is 0 Å². The quantitative estimate of drug-likeness (QED) is 0.338. The number of hydrogen-bond donors (Lipinski definition) is 1. The predicted octanol–water partition coefficient (Wildman–Crippen LogP) is 6.53. The van der Waals surface area contributed by atoms with Gasteiger partial charge in [0.15, 0.2) is 0 Å². The van der Waals surface area contributed by atoms with Gasteiger partial charge >= 0.3 is 0 Å². The van der Waals surface area contributed by atoms with E-state index in [9.17, 15) is 0 Å². The predicted molar refractivity (Wildman–Crippen MR) is 125 cm³/mol. The van der Waals surface area contributed by atoms with Gasteiger partial charge in [-0.15, -0.1) is 0 Å². The van der Waals surface area contributed by atoms with E-state index in [1.807, 2.05) is 0 Å². The fraction of sp³-hybridized carbons (Fsp3) is 0.111. The Labute approximate surface area is 181 Å². The van der Waals surface area contributed by atoms with E-state index in [-0.39, 0.29) is 5.92 Å². The summed E-state index contributed by atoms with van der Waals surface area (Å²) in [6.07, 6.45) is 0. The minimum Gasteiger partial charge on any atom is -0.330 e. The van der Waals surface area contributed by atoms with Gasteiger partial charge in [-0.3, -0.25) is 0 Å². The Morgan fingerprint density at radius 1 is 0.586 bits per heavy atom. The summed E-state index contributed by atoms with van der Waals surface area (Å²) in [5, 5.41) is 0. The van der Waals surface area contributed by atoms with Crippen LogP contribution in [0.15, 0.2) is 120 Å². The van der Waals surface area contributed by atoms with Gasteiger partial charge in [-0.05, 0) is 34.4 Å². The average Bonchev–Trinajstić information content (AvgIpc) is 2.80. The van der Waals surface area contributed by atoms with Crippen molar-refractivity contribution >= 4 is 15.9 Å². The van der Waals surface area contributed by atoms with Crippen LogP contribution < -0.4 is 5.73 Å². The second-order valence-corrected chi connectivity index (χ2v) is 8.16. The summed E-state index contributed by atoms with van der Waals surface area (Å²) >= 11 is 3.57. The molecule has 0 spiro atoms. The molecule has 0 saturated carbocycles. The lowest BCUT2D eigenvalue weighted by Gasteiger charge is -2.43. The molecule has 2 heteroatoms. The molecule has 0 amide bonds. The summed E-state index contributed by atoms with van der Waals surface area (Å²) in [5.74, 6) is 0.0720. The van der Waals surface area contributed by atoms with Crippen molar-refractivity contribution in [2.75, 3.05) is 6.54 Å². The molecule has 1 nitrogen and oxygen atoms in total. The maximum atomic E-state index is 6.53. The van der Waals surface area contributed by atoms with Crippen LogP contribution in [0.3, 0.4) is 0 Å². The molecule has 0 saturated heterocycles. The average molecular weight is 442 g/mol. The van der Waals surface area contributed by atoms with Crippen molar-refractivity contribution in [3.63, 3.8) is 0 Å². The van der Waals surface area contributed by atoms with E-state index >= 15 is 0 Å². The Balaban J connectivity index is 2.08. The van der Waals surface area contributed by atoms with Crippen LogP contribution in [0.5, 0.6) is 0 Å². The molecule has 4 aromatic rings. The van der Waals surface area contributed by atoms with Crippen molar-refractivity contribution in [2.24, 2.45) is 5.73 Å². The topological polar surface area (TPSA) is 26.0 Å². The van der Waals surface area contributed by atoms with Gasteiger partial charge in [-0.2, -0.15) is 0 Å². The fourth-order valence-electron chi connectivity index (χ4n) is 4.46. The lowest BCUT2D eigenvalue weighted by molar-refractivity contribution is 0.485. The van der Waals surface area contributed by atoms with Crippen molar-refractivity contribution < 1.29 is 0 Å². The minimum absolute atomic E-state index is 0.0720. The highest BCUT2D eigenvalue weighted by Crippen LogP contribution is 2.49. The minimum atomic E-state index is -0.396. The lowest BCUT2D eigenvalue weighted by Crippen LogP contribution is -2.40. The highest BCUT2D eigenvalue weighted by molar-refractivity contribution is 9.10. The van der Waals surface area contributed by atoms with Gasteiger partial charge in [-0.25, -0.2) is 0 Å². The molecule has 4 aromatic carbocycles. The first kappa shape index (κ1) is 19.6. The number of rotatable bonds is 6. The molecule has 0 fully saturated rings. The summed E-state index contributed by atoms with van der Waals surface area (Å²) < 4.78 is 1.07. The molecule has 2 N–H and O–H groups in total. The Bertz CT molecular complexity index is 931. The Morgan fingerprint density at radius 2 is 0.966 bits per heavy atom. The van der Waals surface area contributed by atoms with Crippen LogP contribution in [-0.4, -0.2) is 6.54 Å². The van der Waals surface area contributed by atoms with Gasteiger partial charge in [0, 0.05) is 16.9 Å². The SMILES string of the molecule is NCC(c1ccc(Br)cc1)C(c1ccccc1)(c1ccccc1)c1ccccc1. The zero-order valence-corrected chi connectivity index (χ0v) is 17.8. The molecule has 0 aliphatic rings. The first-order chi connectivity index (χ1) is 14.3. The molecular formula is C27H24BrN. The first-order valence-electron chi connectivity index (χ1n) is 9.89. The van der Waals surface area contributed by atoms with E-state index in [4.69, 9.17) is 5.73 Å². The summed E-state index contributed by atoms with van der Waals surface area (Å²) in [6.45, 7) is 0.528. The standard InChI is InChI=1S/C27H24BrN/c28-25-18-16-21(17-19-25)26(20-29)27(22-10-4-1-5-11-22,23-12-6-2-7-13-23)24-14-8-3-9-15-24/h1-19,26H,20,29H2. The van der Waals surface area contributed by atoms with Crippen molar-refractivity contribution in [3.05, 3.63) is 142 Å². The Kier molecular flexibility index (Phi) is 5.94. The fourth-order valence-corrected chi connectivity index (χ4v) is 4.73. The van der Waals surface area contributed by atoms with E-state index < -0.39 is 5.41 Å². The van der Waals surface area contributed by atoms with Crippen LogP contribution in [0.25, 0.3) is 0 Å². The normalized spacial score (nSPS) is 12.5. The van der Waals surface area contributed by atoms with E-state index in [0.717, 1.165) is 4.47 Å². The van der Waals surface area contributed by atoms with Gasteiger partial charge < -0.3 is 5.73 Å². The zero-order chi connectivity index (χ0) is 20.1. The third kappa shape index (κ3) is 3.66. The van der Waals surface area contributed by atoms with Gasteiger partial charge in [0.25, 0.3) is 0 Å². The molecule has 1 unspecified atom stereocenters. The van der Waals surface area contributed by atoms with Crippen LogP contribution >= 0.6 is 15.9 Å². The van der Waals surface area contributed by atoms with E-state index in [2.05, 4.69) is 131 Å². The van der Waals surface area contributed by atoms with Crippen molar-refractivity contribution in [3.8, 4) is 0 Å². The second-order valence-electron chi connectivity index (χ2n) is 7.25. The molecular weight excluding hydrogens is 418 g/mol. The number of halogens is 1. The highest BCUT2D eigenvalue weighted by atomic mass is 79.9. The molecule has 0 aromatic heterocycles. The summed E-state index contributed by atoms with van der Waals surface area (Å²) in [4.78, 5) is 0. The zero-order valence-electron chi connectivity index (χ0n) is 16.2. The van der Waals surface area contributed by atoms with Crippen molar-refractivity contribution in [2.45, 2.75) is 11.3 Å². The van der Waals surface area contributed by atoms with Gasteiger partial charge in [0.1, 0.15) is 0 Å². The van der Waals surface area contributed by atoms with Crippen LogP contribution in [-0.2, 0) is 5.41 Å². The van der Waals surface area contributed by atoms with Crippen LogP contribution in [0.1, 0.15) is 28.2 Å². The van der Waals surface area contributed by atoms with Crippen LogP contribution in [0.2, 0.25) is 0 Å². The third-order valence-corrected chi connectivity index (χ3v) is 6.25. The van der Waals surface area contributed by atoms with Crippen molar-refractivity contribution in [1.82, 2.24) is 0 Å². The number of nitrogens with two attached hydrogens (primary N) is 1. The maximum Gasteiger partial charge on any atom is 0.0531 e. The lowest BCUT2D eigenvalue weighted by atomic mass is 9.60. The number of benzene rings is 4. The van der Waals surface area contributed by atoms with E-state index in [0.29, 0.717) is 6.54 Å². The van der Waals surface area contributed by atoms with Crippen LogP contribution in [0, 0.1) is 0 Å². The van der Waals surface area contributed by atoms with E-state index in [1.165, 1.54) is 22.3 Å². The summed E-state index contributed by atoms with van der Waals surface area (Å²) in [5.41, 5.74) is 11.1. The molecule has 144 valence electrons. The Hall–Kier alpha value is -2.68. The molecule has 0 aliphatic heterocycles. The largest absolute Gasteiger partial charge is 0.330 e. The van der Waals surface area contributed by atoms with Gasteiger partial charge in [0.2, 0.25) is 0 Å². The maximum absolute atomic E-state index is 6.53. The molecule has 0 aliphatic carbocycles. The summed E-state index contributed by atoms with van der Waals surface area (Å²) in [7, 11) is 0. The summed E-state index contributed by atoms with van der Waals surface area (Å²) in [6, 6.07) is 40.8. The molecule has 1 atom stereocenters. The van der Waals surface area contributed by atoms with Gasteiger partial charge in [-0.1, -0.05) is 119 Å². The third-order valence-electron chi connectivity index (χ3n) is 5.72. The smallest absolute Gasteiger partial charge is 0.0531 e. The van der Waals surface area contributed by atoms with Crippen molar-refractivity contribution in [1.29, 1.82) is 0 Å². The van der Waals surface area contributed by atoms with E-state index in [1.54, 1.807) is 0 Å².